The summed E-state index contributed by atoms with van der Waals surface area (Å²) in [5, 5.41) is 13.4. The summed E-state index contributed by atoms with van der Waals surface area (Å²) in [5.41, 5.74) is 1.08. The summed E-state index contributed by atoms with van der Waals surface area (Å²) in [6, 6.07) is 3.96. The number of aromatic carboxylic acids is 1. The molecular formula is C12H10ClFN2O2. The lowest BCUT2D eigenvalue weighted by atomic mass is 10.1. The quantitative estimate of drug-likeness (QED) is 0.931. The van der Waals surface area contributed by atoms with Crippen molar-refractivity contribution in [2.75, 3.05) is 0 Å². The minimum Gasteiger partial charge on any atom is -0.478 e. The largest absolute Gasteiger partial charge is 0.478 e. The molecule has 2 aromatic rings. The summed E-state index contributed by atoms with van der Waals surface area (Å²) < 4.78 is 14.8. The molecule has 0 atom stereocenters. The fourth-order valence-electron chi connectivity index (χ4n) is 1.59. The molecule has 0 spiro atoms. The van der Waals surface area contributed by atoms with Crippen molar-refractivity contribution < 1.29 is 14.3 Å². The molecule has 1 heterocycles. The van der Waals surface area contributed by atoms with Crippen LogP contribution in [0.1, 0.15) is 21.6 Å². The van der Waals surface area contributed by atoms with E-state index in [1.807, 2.05) is 0 Å². The zero-order chi connectivity index (χ0) is 13.3. The van der Waals surface area contributed by atoms with E-state index in [0.29, 0.717) is 17.1 Å². The Labute approximate surface area is 108 Å². The molecule has 1 aromatic heterocycles. The molecule has 0 bridgehead atoms. The van der Waals surface area contributed by atoms with Crippen molar-refractivity contribution in [2.24, 2.45) is 0 Å². The highest BCUT2D eigenvalue weighted by atomic mass is 35.5. The molecular weight excluding hydrogens is 259 g/mol. The van der Waals surface area contributed by atoms with Gasteiger partial charge in [0.25, 0.3) is 0 Å². The molecule has 4 nitrogen and oxygen atoms in total. The Morgan fingerprint density at radius 1 is 1.56 bits per heavy atom. The summed E-state index contributed by atoms with van der Waals surface area (Å²) in [6.45, 7) is 2.15. The number of aromatic nitrogens is 2. The fourth-order valence-corrected chi connectivity index (χ4v) is 1.73. The lowest BCUT2D eigenvalue weighted by Gasteiger charge is -2.06. The van der Waals surface area contributed by atoms with Gasteiger partial charge in [-0.05, 0) is 24.6 Å². The van der Waals surface area contributed by atoms with Crippen LogP contribution in [-0.4, -0.2) is 20.9 Å². The number of halogens is 2. The minimum absolute atomic E-state index is 0.344. The van der Waals surface area contributed by atoms with E-state index in [0.717, 1.165) is 11.8 Å². The van der Waals surface area contributed by atoms with Crippen LogP contribution in [0.15, 0.2) is 24.4 Å². The predicted octanol–water partition coefficient (Wildman–Crippen LogP) is 2.73. The van der Waals surface area contributed by atoms with Crippen molar-refractivity contribution in [2.45, 2.75) is 13.5 Å². The molecule has 6 heteroatoms. The van der Waals surface area contributed by atoms with Crippen molar-refractivity contribution in [1.29, 1.82) is 0 Å². The zero-order valence-corrected chi connectivity index (χ0v) is 10.3. The third kappa shape index (κ3) is 2.36. The third-order valence-electron chi connectivity index (χ3n) is 2.64. The molecule has 0 aliphatic carbocycles. The Morgan fingerprint density at radius 3 is 2.83 bits per heavy atom. The van der Waals surface area contributed by atoms with Gasteiger partial charge in [-0.15, -0.1) is 0 Å². The minimum atomic E-state index is -1.29. The summed E-state index contributed by atoms with van der Waals surface area (Å²) in [6.07, 6.45) is 1.51. The standard InChI is InChI=1S/C12H10ClFN2O2/c1-7-10(13)5-15-16(7)6-8-2-3-11(14)9(4-8)12(17)18/h2-5H,6H2,1H3,(H,17,18). The number of hydrogen-bond acceptors (Lipinski definition) is 2. The Kier molecular flexibility index (Phi) is 3.34. The Morgan fingerprint density at radius 2 is 2.28 bits per heavy atom. The Hall–Kier alpha value is -1.88. The first-order chi connectivity index (χ1) is 8.49. The molecule has 0 fully saturated rings. The Bertz CT molecular complexity index is 610. The number of carboxylic acid groups (broad SMARTS) is 1. The highest BCUT2D eigenvalue weighted by molar-refractivity contribution is 6.31. The second-order valence-electron chi connectivity index (χ2n) is 3.85. The van der Waals surface area contributed by atoms with Crippen molar-refractivity contribution in [3.8, 4) is 0 Å². The van der Waals surface area contributed by atoms with Crippen LogP contribution in [-0.2, 0) is 6.54 Å². The van der Waals surface area contributed by atoms with Gasteiger partial charge in [-0.1, -0.05) is 17.7 Å². The van der Waals surface area contributed by atoms with Crippen LogP contribution in [0, 0.1) is 12.7 Å². The molecule has 0 saturated carbocycles. The van der Waals surface area contributed by atoms with E-state index >= 15 is 0 Å². The second kappa shape index (κ2) is 4.78. The van der Waals surface area contributed by atoms with Gasteiger partial charge in [-0.3, -0.25) is 4.68 Å². The summed E-state index contributed by atoms with van der Waals surface area (Å²) in [7, 11) is 0. The topological polar surface area (TPSA) is 55.1 Å². The first-order valence-corrected chi connectivity index (χ1v) is 5.56. The van der Waals surface area contributed by atoms with Gasteiger partial charge in [-0.25, -0.2) is 9.18 Å². The third-order valence-corrected chi connectivity index (χ3v) is 3.01. The van der Waals surface area contributed by atoms with Gasteiger partial charge in [0.15, 0.2) is 0 Å². The average Bonchev–Trinajstić information content (AvgIpc) is 2.63. The predicted molar refractivity (Wildman–Crippen MR) is 64.4 cm³/mol. The van der Waals surface area contributed by atoms with E-state index in [1.54, 1.807) is 11.6 Å². The van der Waals surface area contributed by atoms with Gasteiger partial charge >= 0.3 is 5.97 Å². The number of benzene rings is 1. The van der Waals surface area contributed by atoms with E-state index < -0.39 is 11.8 Å². The van der Waals surface area contributed by atoms with Gasteiger partial charge in [-0.2, -0.15) is 5.10 Å². The van der Waals surface area contributed by atoms with Crippen molar-refractivity contribution >= 4 is 17.6 Å². The fraction of sp³-hybridized carbons (Fsp3) is 0.167. The molecule has 18 heavy (non-hydrogen) atoms. The van der Waals surface area contributed by atoms with Crippen LogP contribution in [0.25, 0.3) is 0 Å². The lowest BCUT2D eigenvalue weighted by molar-refractivity contribution is 0.0691. The van der Waals surface area contributed by atoms with Gasteiger partial charge in [0.2, 0.25) is 0 Å². The van der Waals surface area contributed by atoms with Crippen LogP contribution >= 0.6 is 11.6 Å². The molecule has 0 amide bonds. The molecule has 1 aromatic carbocycles. The molecule has 0 unspecified atom stereocenters. The van der Waals surface area contributed by atoms with E-state index in [1.165, 1.54) is 18.3 Å². The molecule has 1 N–H and O–H groups in total. The highest BCUT2D eigenvalue weighted by Gasteiger charge is 2.12. The zero-order valence-electron chi connectivity index (χ0n) is 9.52. The maximum Gasteiger partial charge on any atom is 0.338 e. The normalized spacial score (nSPS) is 10.6. The van der Waals surface area contributed by atoms with E-state index in [2.05, 4.69) is 5.10 Å². The first-order valence-electron chi connectivity index (χ1n) is 5.18. The van der Waals surface area contributed by atoms with Crippen LogP contribution in [0.2, 0.25) is 5.02 Å². The maximum absolute atomic E-state index is 13.2. The molecule has 2 rings (SSSR count). The molecule has 0 aliphatic heterocycles. The van der Waals surface area contributed by atoms with Crippen LogP contribution in [0.4, 0.5) is 4.39 Å². The highest BCUT2D eigenvalue weighted by Crippen LogP contribution is 2.16. The van der Waals surface area contributed by atoms with Gasteiger partial charge < -0.3 is 5.11 Å². The van der Waals surface area contributed by atoms with Gasteiger partial charge in [0.05, 0.1) is 29.0 Å². The van der Waals surface area contributed by atoms with Crippen molar-refractivity contribution in [3.05, 3.63) is 52.1 Å². The van der Waals surface area contributed by atoms with Crippen LogP contribution < -0.4 is 0 Å². The van der Waals surface area contributed by atoms with Crippen molar-refractivity contribution in [1.82, 2.24) is 9.78 Å². The number of hydrogen-bond donors (Lipinski definition) is 1. The average molecular weight is 269 g/mol. The Balaban J connectivity index is 2.33. The van der Waals surface area contributed by atoms with Crippen molar-refractivity contribution in [3.63, 3.8) is 0 Å². The summed E-state index contributed by atoms with van der Waals surface area (Å²) >= 11 is 5.87. The molecule has 0 radical (unpaired) electrons. The maximum atomic E-state index is 13.2. The van der Waals surface area contributed by atoms with Gasteiger partial charge in [0, 0.05) is 0 Å². The number of nitrogens with zero attached hydrogens (tertiary/aromatic N) is 2. The first kappa shape index (κ1) is 12.6. The van der Waals surface area contributed by atoms with E-state index in [4.69, 9.17) is 16.7 Å². The second-order valence-corrected chi connectivity index (χ2v) is 4.26. The molecule has 0 saturated heterocycles. The summed E-state index contributed by atoms with van der Waals surface area (Å²) in [5.74, 6) is -2.04. The van der Waals surface area contributed by atoms with E-state index in [9.17, 15) is 9.18 Å². The lowest BCUT2D eigenvalue weighted by Crippen LogP contribution is -2.06. The molecule has 94 valence electrons. The monoisotopic (exact) mass is 268 g/mol. The van der Waals surface area contributed by atoms with Gasteiger partial charge in [0.1, 0.15) is 5.82 Å². The summed E-state index contributed by atoms with van der Waals surface area (Å²) in [4.78, 5) is 10.8. The van der Waals surface area contributed by atoms with Crippen LogP contribution in [0.3, 0.4) is 0 Å². The van der Waals surface area contributed by atoms with E-state index in [-0.39, 0.29) is 5.56 Å². The number of rotatable bonds is 3. The number of carbonyl (C=O) groups is 1. The molecule has 0 aliphatic rings. The van der Waals surface area contributed by atoms with Crippen LogP contribution in [0.5, 0.6) is 0 Å². The number of carboxylic acids is 1. The SMILES string of the molecule is Cc1c(Cl)cnn1Cc1ccc(F)c(C(=O)O)c1. The smallest absolute Gasteiger partial charge is 0.338 e.